The van der Waals surface area contributed by atoms with E-state index in [1.165, 1.54) is 4.68 Å². The summed E-state index contributed by atoms with van der Waals surface area (Å²) in [6.45, 7) is 4.53. The Balaban J connectivity index is 1.86. The fourth-order valence-electron chi connectivity index (χ4n) is 4.66. The minimum atomic E-state index is -1.07. The highest BCUT2D eigenvalue weighted by Crippen LogP contribution is 2.35. The fraction of sp³-hybridized carbons (Fsp3) is 0.214. The molecule has 7 heteroatoms. The van der Waals surface area contributed by atoms with Crippen LogP contribution in [-0.2, 0) is 7.05 Å². The number of aliphatic hydroxyl groups excluding tert-OH is 1. The number of aliphatic hydroxyl groups is 1. The topological polar surface area (TPSA) is 72.5 Å². The van der Waals surface area contributed by atoms with Gasteiger partial charge in [0.15, 0.2) is 6.23 Å². The molecule has 0 aliphatic rings. The molecule has 0 saturated heterocycles. The summed E-state index contributed by atoms with van der Waals surface area (Å²) in [6.07, 6.45) is -1.07. The van der Waals surface area contributed by atoms with Gasteiger partial charge in [-0.2, -0.15) is 9.78 Å². The van der Waals surface area contributed by atoms with Crippen molar-refractivity contribution >= 4 is 27.5 Å². The van der Waals surface area contributed by atoms with Crippen LogP contribution >= 0.6 is 0 Å². The number of para-hydroxylation sites is 1. The molecule has 178 valence electrons. The van der Waals surface area contributed by atoms with E-state index in [9.17, 15) is 9.90 Å². The van der Waals surface area contributed by atoms with E-state index in [4.69, 9.17) is 9.84 Å². The van der Waals surface area contributed by atoms with Crippen molar-refractivity contribution in [3.8, 4) is 11.4 Å². The molecular weight excluding hydrogens is 440 g/mol. The molecule has 2 heterocycles. The van der Waals surface area contributed by atoms with Gasteiger partial charge in [0.1, 0.15) is 17.0 Å². The van der Waals surface area contributed by atoms with Crippen molar-refractivity contribution in [1.82, 2.24) is 14.3 Å². The lowest BCUT2D eigenvalue weighted by Crippen LogP contribution is -2.32. The zero-order valence-electron chi connectivity index (χ0n) is 20.3. The van der Waals surface area contributed by atoms with Gasteiger partial charge in [-0.15, -0.1) is 0 Å². The van der Waals surface area contributed by atoms with Crippen LogP contribution in [0.5, 0.6) is 5.75 Å². The van der Waals surface area contributed by atoms with Crippen LogP contribution in [0.15, 0.2) is 77.6 Å². The lowest BCUT2D eigenvalue weighted by Gasteiger charge is -2.29. The molecule has 2 aromatic heterocycles. The Morgan fingerprint density at radius 2 is 1.77 bits per heavy atom. The summed E-state index contributed by atoms with van der Waals surface area (Å²) in [5.74, 6) is 0.691. The van der Waals surface area contributed by atoms with E-state index in [0.29, 0.717) is 34.6 Å². The Kier molecular flexibility index (Phi) is 5.78. The monoisotopic (exact) mass is 468 g/mol. The highest BCUT2D eigenvalue weighted by molar-refractivity contribution is 6.09. The van der Waals surface area contributed by atoms with Crippen molar-refractivity contribution in [2.75, 3.05) is 18.6 Å². The molecule has 0 amide bonds. The number of aromatic nitrogens is 3. The first kappa shape index (κ1) is 22.7. The second-order valence-corrected chi connectivity index (χ2v) is 8.60. The van der Waals surface area contributed by atoms with E-state index in [1.54, 1.807) is 7.11 Å². The number of methoxy groups -OCH3 is 1. The van der Waals surface area contributed by atoms with E-state index in [2.05, 4.69) is 0 Å². The van der Waals surface area contributed by atoms with Gasteiger partial charge in [-0.3, -0.25) is 4.79 Å². The molecule has 0 radical (unpaired) electrons. The van der Waals surface area contributed by atoms with Crippen molar-refractivity contribution in [2.24, 2.45) is 7.05 Å². The molecule has 0 bridgehead atoms. The van der Waals surface area contributed by atoms with Gasteiger partial charge < -0.3 is 19.3 Å². The summed E-state index contributed by atoms with van der Waals surface area (Å²) in [7, 11) is 3.47. The van der Waals surface area contributed by atoms with Gasteiger partial charge in [-0.25, -0.2) is 0 Å². The maximum atomic E-state index is 13.8. The first-order valence-electron chi connectivity index (χ1n) is 11.6. The maximum absolute atomic E-state index is 13.8. The zero-order valence-corrected chi connectivity index (χ0v) is 20.3. The molecule has 0 aliphatic carbocycles. The molecule has 0 aliphatic heterocycles. The Morgan fingerprint density at radius 1 is 1.06 bits per heavy atom. The van der Waals surface area contributed by atoms with E-state index >= 15 is 0 Å². The van der Waals surface area contributed by atoms with Crippen molar-refractivity contribution in [3.63, 3.8) is 0 Å². The Labute approximate surface area is 203 Å². The summed E-state index contributed by atoms with van der Waals surface area (Å²) < 4.78 is 8.67. The standard InChI is InChI=1S/C28H28N4O3/c1-5-31(19-9-7-6-8-10-19)27(33)25-24-22-16-15-21(35-4)17-23(22)30(3)26(24)28(34)32(29-25)20-13-11-18(2)12-14-20/h6-17,27,33H,5H2,1-4H3. The molecule has 0 fully saturated rings. The summed E-state index contributed by atoms with van der Waals surface area (Å²) in [5.41, 5.74) is 4.06. The minimum Gasteiger partial charge on any atom is -0.497 e. The number of nitrogens with zero attached hydrogens (tertiary/aromatic N) is 4. The average molecular weight is 469 g/mol. The number of fused-ring (bicyclic) bond motifs is 3. The van der Waals surface area contributed by atoms with Crippen LogP contribution in [0.2, 0.25) is 0 Å². The predicted molar refractivity (Wildman–Crippen MR) is 140 cm³/mol. The number of anilines is 1. The second kappa shape index (κ2) is 8.92. The first-order valence-corrected chi connectivity index (χ1v) is 11.6. The number of benzene rings is 3. The molecule has 1 atom stereocenters. The van der Waals surface area contributed by atoms with Gasteiger partial charge >= 0.3 is 0 Å². The van der Waals surface area contributed by atoms with Crippen molar-refractivity contribution in [1.29, 1.82) is 0 Å². The molecule has 5 rings (SSSR count). The number of ether oxygens (including phenoxy) is 1. The third kappa shape index (κ3) is 3.74. The molecule has 0 saturated carbocycles. The Hall–Kier alpha value is -4.10. The maximum Gasteiger partial charge on any atom is 0.296 e. The van der Waals surface area contributed by atoms with Gasteiger partial charge in [0.05, 0.1) is 18.3 Å². The van der Waals surface area contributed by atoms with Crippen LogP contribution in [0.4, 0.5) is 5.69 Å². The highest BCUT2D eigenvalue weighted by atomic mass is 16.5. The molecule has 1 unspecified atom stereocenters. The van der Waals surface area contributed by atoms with Gasteiger partial charge in [0.25, 0.3) is 5.56 Å². The Morgan fingerprint density at radius 3 is 2.43 bits per heavy atom. The molecule has 1 N–H and O–H groups in total. The number of rotatable bonds is 6. The fourth-order valence-corrected chi connectivity index (χ4v) is 4.66. The average Bonchev–Trinajstić information content (AvgIpc) is 3.18. The Bertz CT molecular complexity index is 1570. The quantitative estimate of drug-likeness (QED) is 0.366. The van der Waals surface area contributed by atoms with Gasteiger partial charge in [0.2, 0.25) is 0 Å². The largest absolute Gasteiger partial charge is 0.497 e. The van der Waals surface area contributed by atoms with Crippen molar-refractivity contribution < 1.29 is 9.84 Å². The van der Waals surface area contributed by atoms with E-state index in [1.807, 2.05) is 103 Å². The lowest BCUT2D eigenvalue weighted by molar-refractivity contribution is 0.168. The van der Waals surface area contributed by atoms with Gasteiger partial charge in [0, 0.05) is 36.1 Å². The lowest BCUT2D eigenvalue weighted by atomic mass is 10.1. The number of hydrogen-bond acceptors (Lipinski definition) is 5. The molecule has 5 aromatic rings. The minimum absolute atomic E-state index is 0.250. The molecule has 7 nitrogen and oxygen atoms in total. The van der Waals surface area contributed by atoms with E-state index in [0.717, 1.165) is 22.2 Å². The highest BCUT2D eigenvalue weighted by Gasteiger charge is 2.27. The first-order chi connectivity index (χ1) is 16.9. The number of hydrogen-bond donors (Lipinski definition) is 1. The van der Waals surface area contributed by atoms with Crippen LogP contribution in [0.3, 0.4) is 0 Å². The van der Waals surface area contributed by atoms with E-state index < -0.39 is 6.23 Å². The molecular formula is C28H28N4O3. The normalized spacial score (nSPS) is 12.3. The summed E-state index contributed by atoms with van der Waals surface area (Å²) >= 11 is 0. The van der Waals surface area contributed by atoms with Crippen LogP contribution in [0, 0.1) is 6.92 Å². The number of aryl methyl sites for hydroxylation is 2. The van der Waals surface area contributed by atoms with Crippen LogP contribution < -0.4 is 15.2 Å². The second-order valence-electron chi connectivity index (χ2n) is 8.60. The van der Waals surface area contributed by atoms with Gasteiger partial charge in [-0.05, 0) is 50.2 Å². The molecule has 0 spiro atoms. The van der Waals surface area contributed by atoms with Crippen molar-refractivity contribution in [2.45, 2.75) is 20.1 Å². The van der Waals surface area contributed by atoms with Crippen molar-refractivity contribution in [3.05, 3.63) is 94.4 Å². The smallest absolute Gasteiger partial charge is 0.296 e. The van der Waals surface area contributed by atoms with Crippen LogP contribution in [-0.4, -0.2) is 33.1 Å². The SMILES string of the molecule is CCN(c1ccccc1)C(O)c1nn(-c2ccc(C)cc2)c(=O)c2c1c1ccc(OC)cc1n2C. The molecule has 3 aromatic carbocycles. The predicted octanol–water partition coefficient (Wildman–Crippen LogP) is 4.71. The zero-order chi connectivity index (χ0) is 24.7. The third-order valence-electron chi connectivity index (χ3n) is 6.51. The summed E-state index contributed by atoms with van der Waals surface area (Å²) in [4.78, 5) is 15.7. The summed E-state index contributed by atoms with van der Waals surface area (Å²) in [6, 6.07) is 23.0. The molecule has 35 heavy (non-hydrogen) atoms. The summed E-state index contributed by atoms with van der Waals surface area (Å²) in [5, 5.41) is 18.0. The van der Waals surface area contributed by atoms with Crippen LogP contribution in [0.1, 0.15) is 24.4 Å². The van der Waals surface area contributed by atoms with Gasteiger partial charge in [-0.1, -0.05) is 35.9 Å². The van der Waals surface area contributed by atoms with E-state index in [-0.39, 0.29) is 5.56 Å². The third-order valence-corrected chi connectivity index (χ3v) is 6.51. The van der Waals surface area contributed by atoms with Crippen LogP contribution in [0.25, 0.3) is 27.5 Å².